The molecule has 1 aliphatic heterocycles. The molecule has 0 saturated heterocycles. The summed E-state index contributed by atoms with van der Waals surface area (Å²) in [7, 11) is 0. The largest absolute Gasteiger partial charge is 0.486 e. The molecule has 0 spiro atoms. The van der Waals surface area contributed by atoms with Gasteiger partial charge in [0.1, 0.15) is 19.0 Å². The lowest BCUT2D eigenvalue weighted by Crippen LogP contribution is -2.28. The van der Waals surface area contributed by atoms with Gasteiger partial charge in [0.25, 0.3) is 5.91 Å². The smallest absolute Gasteiger partial charge is 0.258 e. The van der Waals surface area contributed by atoms with Crippen LogP contribution in [0.3, 0.4) is 0 Å². The molecule has 1 amide bonds. The molecule has 0 saturated carbocycles. The average molecular weight is 428 g/mol. The van der Waals surface area contributed by atoms with E-state index in [4.69, 9.17) is 14.2 Å². The van der Waals surface area contributed by atoms with Crippen LogP contribution in [0.15, 0.2) is 59.1 Å². The highest BCUT2D eigenvalue weighted by Crippen LogP contribution is 2.33. The van der Waals surface area contributed by atoms with E-state index in [2.05, 4.69) is 21.2 Å². The number of amides is 1. The molecule has 3 aromatic rings. The Morgan fingerprint density at radius 1 is 1.04 bits per heavy atom. The van der Waals surface area contributed by atoms with Crippen molar-refractivity contribution < 1.29 is 19.0 Å². The molecular weight excluding hydrogens is 410 g/mol. The van der Waals surface area contributed by atoms with E-state index in [1.807, 2.05) is 54.6 Å². The van der Waals surface area contributed by atoms with Crippen molar-refractivity contribution in [2.24, 2.45) is 0 Å². The SMILES string of the molecule is O=C(COc1ccc2ccccc2c1Br)NCc1ccc2c(c1)OCCO2. The molecule has 1 heterocycles. The number of ether oxygens (including phenoxy) is 3. The standard InChI is InChI=1S/C21H18BrNO4/c22-21-16-4-2-1-3-15(16)6-8-18(21)27-13-20(24)23-12-14-5-7-17-19(11-14)26-10-9-25-17/h1-8,11H,9-10,12-13H2,(H,23,24). The van der Waals surface area contributed by atoms with Gasteiger partial charge < -0.3 is 19.5 Å². The van der Waals surface area contributed by atoms with Crippen LogP contribution in [0.5, 0.6) is 17.2 Å². The summed E-state index contributed by atoms with van der Waals surface area (Å²) in [6.45, 7) is 1.45. The number of carbonyl (C=O) groups is 1. The van der Waals surface area contributed by atoms with Crippen LogP contribution < -0.4 is 19.5 Å². The van der Waals surface area contributed by atoms with Gasteiger partial charge in [-0.2, -0.15) is 0 Å². The Balaban J connectivity index is 1.34. The molecule has 0 aliphatic carbocycles. The molecule has 3 aromatic carbocycles. The summed E-state index contributed by atoms with van der Waals surface area (Å²) in [6.07, 6.45) is 0. The summed E-state index contributed by atoms with van der Waals surface area (Å²) in [5.41, 5.74) is 0.944. The molecule has 6 heteroatoms. The van der Waals surface area contributed by atoms with Gasteiger partial charge in [-0.1, -0.05) is 36.4 Å². The number of nitrogens with one attached hydrogen (secondary N) is 1. The first-order valence-electron chi connectivity index (χ1n) is 8.66. The minimum atomic E-state index is -0.190. The molecule has 0 atom stereocenters. The van der Waals surface area contributed by atoms with Crippen molar-refractivity contribution in [3.63, 3.8) is 0 Å². The summed E-state index contributed by atoms with van der Waals surface area (Å²) in [4.78, 5) is 12.1. The van der Waals surface area contributed by atoms with Gasteiger partial charge in [0, 0.05) is 6.54 Å². The Bertz CT molecular complexity index is 989. The van der Waals surface area contributed by atoms with E-state index in [1.165, 1.54) is 0 Å². The maximum Gasteiger partial charge on any atom is 0.258 e. The Morgan fingerprint density at radius 3 is 2.74 bits per heavy atom. The fourth-order valence-corrected chi connectivity index (χ4v) is 3.53. The van der Waals surface area contributed by atoms with Crippen molar-refractivity contribution in [2.45, 2.75) is 6.54 Å². The lowest BCUT2D eigenvalue weighted by Gasteiger charge is -2.19. The third kappa shape index (κ3) is 4.01. The van der Waals surface area contributed by atoms with Crippen molar-refractivity contribution in [1.29, 1.82) is 0 Å². The van der Waals surface area contributed by atoms with Crippen LogP contribution in [0.1, 0.15) is 5.56 Å². The minimum absolute atomic E-state index is 0.0541. The second-order valence-electron chi connectivity index (χ2n) is 6.14. The van der Waals surface area contributed by atoms with E-state index in [0.29, 0.717) is 31.3 Å². The van der Waals surface area contributed by atoms with Crippen LogP contribution in [-0.2, 0) is 11.3 Å². The minimum Gasteiger partial charge on any atom is -0.486 e. The Labute approximate surface area is 165 Å². The van der Waals surface area contributed by atoms with Gasteiger partial charge in [0.05, 0.1) is 4.47 Å². The second kappa shape index (κ2) is 7.88. The molecule has 1 aliphatic rings. The summed E-state index contributed by atoms with van der Waals surface area (Å²) < 4.78 is 17.6. The van der Waals surface area contributed by atoms with Crippen molar-refractivity contribution in [1.82, 2.24) is 5.32 Å². The number of rotatable bonds is 5. The van der Waals surface area contributed by atoms with Crippen molar-refractivity contribution in [3.05, 3.63) is 64.6 Å². The normalized spacial score (nSPS) is 12.6. The second-order valence-corrected chi connectivity index (χ2v) is 6.94. The lowest BCUT2D eigenvalue weighted by molar-refractivity contribution is -0.123. The molecule has 138 valence electrons. The van der Waals surface area contributed by atoms with Gasteiger partial charge in [-0.05, 0) is 50.5 Å². The van der Waals surface area contributed by atoms with E-state index in [1.54, 1.807) is 0 Å². The molecular formula is C21H18BrNO4. The first-order chi connectivity index (χ1) is 13.2. The summed E-state index contributed by atoms with van der Waals surface area (Å²) in [6, 6.07) is 17.5. The third-order valence-corrected chi connectivity index (χ3v) is 5.10. The number of benzene rings is 3. The Kier molecular flexibility index (Phi) is 5.16. The fourth-order valence-electron chi connectivity index (χ4n) is 2.92. The zero-order valence-electron chi connectivity index (χ0n) is 14.5. The summed E-state index contributed by atoms with van der Waals surface area (Å²) in [5.74, 6) is 1.90. The molecule has 0 radical (unpaired) electrons. The van der Waals surface area contributed by atoms with Crippen LogP contribution in [0.4, 0.5) is 0 Å². The molecule has 5 nitrogen and oxygen atoms in total. The van der Waals surface area contributed by atoms with Crippen LogP contribution in [0.2, 0.25) is 0 Å². The van der Waals surface area contributed by atoms with Gasteiger partial charge in [-0.15, -0.1) is 0 Å². The molecule has 0 fully saturated rings. The number of hydrogen-bond donors (Lipinski definition) is 1. The maximum absolute atomic E-state index is 12.1. The van der Waals surface area contributed by atoms with Crippen LogP contribution in [0.25, 0.3) is 10.8 Å². The fraction of sp³-hybridized carbons (Fsp3) is 0.190. The zero-order chi connectivity index (χ0) is 18.6. The molecule has 27 heavy (non-hydrogen) atoms. The van der Waals surface area contributed by atoms with E-state index in [9.17, 15) is 4.79 Å². The van der Waals surface area contributed by atoms with Crippen LogP contribution in [0, 0.1) is 0 Å². The van der Waals surface area contributed by atoms with Gasteiger partial charge in [0.15, 0.2) is 18.1 Å². The predicted molar refractivity (Wildman–Crippen MR) is 106 cm³/mol. The maximum atomic E-state index is 12.1. The van der Waals surface area contributed by atoms with Gasteiger partial charge in [-0.25, -0.2) is 0 Å². The molecule has 1 N–H and O–H groups in total. The number of halogens is 1. The lowest BCUT2D eigenvalue weighted by atomic mass is 10.1. The highest BCUT2D eigenvalue weighted by molar-refractivity contribution is 9.10. The van der Waals surface area contributed by atoms with Gasteiger partial charge in [-0.3, -0.25) is 4.79 Å². The molecule has 4 rings (SSSR count). The molecule has 0 unspecified atom stereocenters. The number of fused-ring (bicyclic) bond motifs is 2. The first kappa shape index (κ1) is 17.7. The molecule has 0 bridgehead atoms. The molecule has 0 aromatic heterocycles. The summed E-state index contributed by atoms with van der Waals surface area (Å²) in [5, 5.41) is 5.02. The van der Waals surface area contributed by atoms with Crippen molar-refractivity contribution in [3.8, 4) is 17.2 Å². The third-order valence-electron chi connectivity index (χ3n) is 4.28. The van der Waals surface area contributed by atoms with Gasteiger partial charge in [0.2, 0.25) is 0 Å². The van der Waals surface area contributed by atoms with E-state index < -0.39 is 0 Å². The average Bonchev–Trinajstić information content (AvgIpc) is 2.72. The van der Waals surface area contributed by atoms with Crippen LogP contribution in [-0.4, -0.2) is 25.7 Å². The quantitative estimate of drug-likeness (QED) is 0.666. The monoisotopic (exact) mass is 427 g/mol. The zero-order valence-corrected chi connectivity index (χ0v) is 16.1. The summed E-state index contributed by atoms with van der Waals surface area (Å²) >= 11 is 3.56. The Morgan fingerprint density at radius 2 is 1.85 bits per heavy atom. The van der Waals surface area contributed by atoms with E-state index in [0.717, 1.165) is 26.6 Å². The van der Waals surface area contributed by atoms with Crippen molar-refractivity contribution >= 4 is 32.6 Å². The van der Waals surface area contributed by atoms with Gasteiger partial charge >= 0.3 is 0 Å². The number of hydrogen-bond acceptors (Lipinski definition) is 4. The van der Waals surface area contributed by atoms with E-state index in [-0.39, 0.29) is 12.5 Å². The van der Waals surface area contributed by atoms with E-state index >= 15 is 0 Å². The Hall–Kier alpha value is -2.73. The van der Waals surface area contributed by atoms with Crippen LogP contribution >= 0.6 is 15.9 Å². The predicted octanol–water partition coefficient (Wildman–Crippen LogP) is 4.07. The highest BCUT2D eigenvalue weighted by atomic mass is 79.9. The number of carbonyl (C=O) groups excluding carboxylic acids is 1. The highest BCUT2D eigenvalue weighted by Gasteiger charge is 2.12. The van der Waals surface area contributed by atoms with Crippen molar-refractivity contribution in [2.75, 3.05) is 19.8 Å². The topological polar surface area (TPSA) is 56.8 Å². The first-order valence-corrected chi connectivity index (χ1v) is 9.45.